The first-order chi connectivity index (χ1) is 7.88. The molecule has 0 radical (unpaired) electrons. The van der Waals surface area contributed by atoms with E-state index in [1.165, 1.54) is 30.6 Å². The molecule has 0 atom stereocenters. The first kappa shape index (κ1) is 11.6. The quantitative estimate of drug-likeness (QED) is 0.695. The number of hydrogen-bond acceptors (Lipinski definition) is 1. The van der Waals surface area contributed by atoms with Crippen molar-refractivity contribution >= 4 is 11.8 Å². The molecule has 0 nitrogen and oxygen atoms in total. The highest BCUT2D eigenvalue weighted by molar-refractivity contribution is 8.00. The molecular weight excluding hydrogens is 212 g/mol. The summed E-state index contributed by atoms with van der Waals surface area (Å²) in [7, 11) is 0. The van der Waals surface area contributed by atoms with Crippen LogP contribution < -0.4 is 0 Å². The summed E-state index contributed by atoms with van der Waals surface area (Å²) in [5.74, 6) is 3.58. The van der Waals surface area contributed by atoms with Crippen LogP contribution in [0.1, 0.15) is 32.1 Å². The molecule has 84 valence electrons. The molecule has 1 aromatic carbocycles. The molecule has 1 heteroatoms. The van der Waals surface area contributed by atoms with Crippen LogP contribution in [0.25, 0.3) is 0 Å². The van der Waals surface area contributed by atoms with E-state index in [0.29, 0.717) is 0 Å². The zero-order valence-electron chi connectivity index (χ0n) is 9.56. The van der Waals surface area contributed by atoms with E-state index < -0.39 is 0 Å². The van der Waals surface area contributed by atoms with Crippen LogP contribution in [0.3, 0.4) is 0 Å². The maximum Gasteiger partial charge on any atom is 0.0114 e. The summed E-state index contributed by atoms with van der Waals surface area (Å²) in [4.78, 5) is 1.41. The largest absolute Gasteiger partial charge is 0.123 e. The second-order valence-corrected chi connectivity index (χ2v) is 5.86. The van der Waals surface area contributed by atoms with Crippen molar-refractivity contribution in [2.45, 2.75) is 42.2 Å². The lowest BCUT2D eigenvalue weighted by atomic mass is 9.87. The summed E-state index contributed by atoms with van der Waals surface area (Å²) in [6.07, 6.45) is 11.6. The van der Waals surface area contributed by atoms with Crippen LogP contribution >= 0.6 is 11.8 Å². The molecule has 1 aliphatic carbocycles. The first-order valence-electron chi connectivity index (χ1n) is 6.03. The maximum atomic E-state index is 5.36. The van der Waals surface area contributed by atoms with Crippen LogP contribution in [0.15, 0.2) is 35.2 Å². The van der Waals surface area contributed by atoms with Gasteiger partial charge in [-0.1, -0.05) is 18.2 Å². The van der Waals surface area contributed by atoms with E-state index in [1.807, 2.05) is 11.8 Å². The van der Waals surface area contributed by atoms with E-state index >= 15 is 0 Å². The van der Waals surface area contributed by atoms with Gasteiger partial charge < -0.3 is 0 Å². The fourth-order valence-corrected chi connectivity index (χ4v) is 3.52. The summed E-state index contributed by atoms with van der Waals surface area (Å²) in [6, 6.07) is 10.7. The average molecular weight is 230 g/mol. The highest BCUT2D eigenvalue weighted by Crippen LogP contribution is 2.36. The molecule has 0 bridgehead atoms. The van der Waals surface area contributed by atoms with Crippen LogP contribution in [-0.2, 0) is 0 Å². The summed E-state index contributed by atoms with van der Waals surface area (Å²) >= 11 is 2.03. The van der Waals surface area contributed by atoms with Gasteiger partial charge in [0.2, 0.25) is 0 Å². The van der Waals surface area contributed by atoms with Crippen molar-refractivity contribution in [2.75, 3.05) is 0 Å². The van der Waals surface area contributed by atoms with Gasteiger partial charge in [0, 0.05) is 16.6 Å². The number of hydrogen-bond donors (Lipinski definition) is 0. The highest BCUT2D eigenvalue weighted by atomic mass is 32.2. The predicted molar refractivity (Wildman–Crippen MR) is 71.5 cm³/mol. The van der Waals surface area contributed by atoms with Gasteiger partial charge in [0.1, 0.15) is 0 Å². The van der Waals surface area contributed by atoms with Gasteiger partial charge in [-0.05, 0) is 43.7 Å². The van der Waals surface area contributed by atoms with E-state index in [9.17, 15) is 0 Å². The second kappa shape index (κ2) is 6.01. The van der Waals surface area contributed by atoms with Gasteiger partial charge in [0.15, 0.2) is 0 Å². The van der Waals surface area contributed by atoms with Crippen molar-refractivity contribution in [3.63, 3.8) is 0 Å². The number of thioether (sulfide) groups is 1. The monoisotopic (exact) mass is 230 g/mol. The molecule has 0 heterocycles. The van der Waals surface area contributed by atoms with Gasteiger partial charge >= 0.3 is 0 Å². The van der Waals surface area contributed by atoms with E-state index in [-0.39, 0.29) is 0 Å². The fourth-order valence-electron chi connectivity index (χ4n) is 2.31. The Morgan fingerprint density at radius 2 is 1.81 bits per heavy atom. The second-order valence-electron chi connectivity index (χ2n) is 4.48. The molecule has 0 unspecified atom stereocenters. The zero-order chi connectivity index (χ0) is 11.2. The van der Waals surface area contributed by atoms with Gasteiger partial charge in [-0.2, -0.15) is 0 Å². The van der Waals surface area contributed by atoms with Crippen molar-refractivity contribution in [1.29, 1.82) is 0 Å². The summed E-state index contributed by atoms with van der Waals surface area (Å²) in [6.45, 7) is 0. The van der Waals surface area contributed by atoms with Gasteiger partial charge in [0.05, 0.1) is 0 Å². The average Bonchev–Trinajstić information content (AvgIpc) is 2.33. The van der Waals surface area contributed by atoms with Crippen LogP contribution in [0.2, 0.25) is 0 Å². The van der Waals surface area contributed by atoms with Crippen LogP contribution in [0.4, 0.5) is 0 Å². The third kappa shape index (κ3) is 3.32. The van der Waals surface area contributed by atoms with Crippen molar-refractivity contribution in [1.82, 2.24) is 0 Å². The van der Waals surface area contributed by atoms with Crippen LogP contribution in [0.5, 0.6) is 0 Å². The number of terminal acetylenes is 1. The molecular formula is C15H18S. The van der Waals surface area contributed by atoms with Crippen LogP contribution in [0, 0.1) is 18.3 Å². The first-order valence-corrected chi connectivity index (χ1v) is 6.91. The molecule has 0 aromatic heterocycles. The Kier molecular flexibility index (Phi) is 4.36. The molecule has 0 N–H and O–H groups in total. The third-order valence-electron chi connectivity index (χ3n) is 3.25. The van der Waals surface area contributed by atoms with E-state index in [4.69, 9.17) is 6.42 Å². The minimum absolute atomic E-state index is 0.789. The van der Waals surface area contributed by atoms with Crippen molar-refractivity contribution in [3.05, 3.63) is 30.3 Å². The highest BCUT2D eigenvalue weighted by Gasteiger charge is 2.20. The predicted octanol–water partition coefficient (Wildman–Crippen LogP) is 4.36. The number of rotatable bonds is 3. The molecule has 1 aliphatic rings. The van der Waals surface area contributed by atoms with Gasteiger partial charge in [-0.3, -0.25) is 0 Å². The Balaban J connectivity index is 1.80. The smallest absolute Gasteiger partial charge is 0.0114 e. The summed E-state index contributed by atoms with van der Waals surface area (Å²) in [5.41, 5.74) is 0. The van der Waals surface area contributed by atoms with Gasteiger partial charge in [-0.25, -0.2) is 0 Å². The van der Waals surface area contributed by atoms with Crippen LogP contribution in [-0.4, -0.2) is 5.25 Å². The fraction of sp³-hybridized carbons (Fsp3) is 0.467. The lowest BCUT2D eigenvalue weighted by Gasteiger charge is -2.26. The summed E-state index contributed by atoms with van der Waals surface area (Å²) < 4.78 is 0. The maximum absolute atomic E-state index is 5.36. The van der Waals surface area contributed by atoms with Crippen molar-refractivity contribution < 1.29 is 0 Å². The molecule has 1 aromatic rings. The lowest BCUT2D eigenvalue weighted by Crippen LogP contribution is -2.15. The molecule has 16 heavy (non-hydrogen) atoms. The zero-order valence-corrected chi connectivity index (χ0v) is 10.4. The lowest BCUT2D eigenvalue weighted by molar-refractivity contribution is 0.372. The summed E-state index contributed by atoms with van der Waals surface area (Å²) in [5, 5.41) is 0.802. The normalized spacial score (nSPS) is 24.9. The minimum atomic E-state index is 0.789. The Morgan fingerprint density at radius 3 is 2.44 bits per heavy atom. The van der Waals surface area contributed by atoms with E-state index in [1.54, 1.807) is 0 Å². The Hall–Kier alpha value is -0.870. The number of benzene rings is 1. The molecule has 1 fully saturated rings. The van der Waals surface area contributed by atoms with E-state index in [2.05, 4.69) is 36.3 Å². The minimum Gasteiger partial charge on any atom is -0.123 e. The topological polar surface area (TPSA) is 0 Å². The Labute approximate surface area is 103 Å². The SMILES string of the molecule is C#CCC1CCC(Sc2ccccc2)CC1. The molecule has 0 amide bonds. The molecule has 0 saturated heterocycles. The Morgan fingerprint density at radius 1 is 1.12 bits per heavy atom. The molecule has 0 aliphatic heterocycles. The third-order valence-corrected chi connectivity index (χ3v) is 4.60. The van der Waals surface area contributed by atoms with Crippen molar-refractivity contribution in [3.8, 4) is 12.3 Å². The van der Waals surface area contributed by atoms with E-state index in [0.717, 1.165) is 17.6 Å². The molecule has 2 rings (SSSR count). The molecule has 0 spiro atoms. The van der Waals surface area contributed by atoms with Crippen molar-refractivity contribution in [2.24, 2.45) is 5.92 Å². The van der Waals surface area contributed by atoms with Gasteiger partial charge in [-0.15, -0.1) is 24.1 Å². The molecule has 1 saturated carbocycles. The van der Waals surface area contributed by atoms with Gasteiger partial charge in [0.25, 0.3) is 0 Å². The standard InChI is InChI=1S/C15H18S/c1-2-6-13-9-11-15(12-10-13)16-14-7-4-3-5-8-14/h1,3-5,7-8,13,15H,6,9-12H2. The Bertz CT molecular complexity index is 341.